The smallest absolute Gasteiger partial charge is 0.130 e. The van der Waals surface area contributed by atoms with E-state index >= 15 is 0 Å². The number of nitrogens with zero attached hydrogens (tertiary/aromatic N) is 3. The van der Waals surface area contributed by atoms with Crippen LogP contribution in [0.15, 0.2) is 6.07 Å². The van der Waals surface area contributed by atoms with Gasteiger partial charge in [-0.05, 0) is 26.1 Å². The highest BCUT2D eigenvalue weighted by atomic mass is 15.1. The second kappa shape index (κ2) is 8.23. The van der Waals surface area contributed by atoms with Crippen LogP contribution in [0.1, 0.15) is 44.9 Å². The Kier molecular flexibility index (Phi) is 6.95. The summed E-state index contributed by atoms with van der Waals surface area (Å²) in [5.74, 6) is 0.965. The number of aryl methyl sites for hydroxylation is 1. The summed E-state index contributed by atoms with van der Waals surface area (Å²) in [6.45, 7) is 14.8. The first-order valence-electron chi connectivity index (χ1n) is 7.34. The first-order chi connectivity index (χ1) is 9.05. The fourth-order valence-electron chi connectivity index (χ4n) is 2.01. The minimum atomic E-state index is 0.481. The number of aromatic nitrogens is 2. The Morgan fingerprint density at radius 2 is 1.89 bits per heavy atom. The molecule has 0 bridgehead atoms. The van der Waals surface area contributed by atoms with E-state index in [1.807, 2.05) is 6.92 Å². The van der Waals surface area contributed by atoms with Crippen molar-refractivity contribution in [1.82, 2.24) is 20.2 Å². The summed E-state index contributed by atoms with van der Waals surface area (Å²) in [7, 11) is 0. The Morgan fingerprint density at radius 1 is 1.21 bits per heavy atom. The SMILES string of the molecule is CCN(CC)CCc1nc(C)cc(CNC(C)C)n1. The molecule has 0 aliphatic rings. The van der Waals surface area contributed by atoms with Crippen LogP contribution in [-0.4, -0.2) is 40.5 Å². The summed E-state index contributed by atoms with van der Waals surface area (Å²) in [5.41, 5.74) is 2.15. The molecule has 1 aromatic heterocycles. The quantitative estimate of drug-likeness (QED) is 0.781. The van der Waals surface area contributed by atoms with Gasteiger partial charge in [-0.15, -0.1) is 0 Å². The van der Waals surface area contributed by atoms with Crippen LogP contribution in [0.5, 0.6) is 0 Å². The average molecular weight is 264 g/mol. The van der Waals surface area contributed by atoms with Gasteiger partial charge in [-0.1, -0.05) is 27.7 Å². The van der Waals surface area contributed by atoms with Crippen molar-refractivity contribution in [3.8, 4) is 0 Å². The normalized spacial score (nSPS) is 11.5. The fraction of sp³-hybridized carbons (Fsp3) is 0.733. The minimum absolute atomic E-state index is 0.481. The van der Waals surface area contributed by atoms with Crippen LogP contribution in [0.2, 0.25) is 0 Å². The largest absolute Gasteiger partial charge is 0.309 e. The lowest BCUT2D eigenvalue weighted by Crippen LogP contribution is -2.26. The molecule has 1 aromatic rings. The van der Waals surface area contributed by atoms with Gasteiger partial charge >= 0.3 is 0 Å². The molecule has 0 saturated carbocycles. The number of nitrogens with one attached hydrogen (secondary N) is 1. The standard InChI is InChI=1S/C15H28N4/c1-6-19(7-2)9-8-15-17-13(5)10-14(18-15)11-16-12(3)4/h10,12,16H,6-9,11H2,1-5H3. The van der Waals surface area contributed by atoms with E-state index in [1.165, 1.54) is 0 Å². The number of hydrogen-bond donors (Lipinski definition) is 1. The highest BCUT2D eigenvalue weighted by Crippen LogP contribution is 2.03. The van der Waals surface area contributed by atoms with Gasteiger partial charge in [0.05, 0.1) is 5.69 Å². The van der Waals surface area contributed by atoms with Crippen LogP contribution in [0.3, 0.4) is 0 Å². The maximum absolute atomic E-state index is 4.65. The summed E-state index contributed by atoms with van der Waals surface area (Å²) in [4.78, 5) is 11.6. The van der Waals surface area contributed by atoms with Gasteiger partial charge in [-0.3, -0.25) is 0 Å². The van der Waals surface area contributed by atoms with Crippen LogP contribution in [0.4, 0.5) is 0 Å². The van der Waals surface area contributed by atoms with Crippen molar-refractivity contribution in [2.75, 3.05) is 19.6 Å². The number of hydrogen-bond acceptors (Lipinski definition) is 4. The van der Waals surface area contributed by atoms with Crippen molar-refractivity contribution in [3.63, 3.8) is 0 Å². The molecule has 0 radical (unpaired) electrons. The number of likely N-dealkylation sites (N-methyl/N-ethyl adjacent to an activating group) is 1. The van der Waals surface area contributed by atoms with E-state index in [0.29, 0.717) is 6.04 Å². The molecule has 0 atom stereocenters. The van der Waals surface area contributed by atoms with Crippen LogP contribution in [-0.2, 0) is 13.0 Å². The number of rotatable bonds is 8. The van der Waals surface area contributed by atoms with Gasteiger partial charge in [0.1, 0.15) is 5.82 Å². The molecule has 0 unspecified atom stereocenters. The molecule has 108 valence electrons. The van der Waals surface area contributed by atoms with E-state index < -0.39 is 0 Å². The predicted molar refractivity (Wildman–Crippen MR) is 80.2 cm³/mol. The second-order valence-corrected chi connectivity index (χ2v) is 5.23. The Balaban J connectivity index is 2.62. The van der Waals surface area contributed by atoms with E-state index in [9.17, 15) is 0 Å². The van der Waals surface area contributed by atoms with Gasteiger partial charge in [0.15, 0.2) is 0 Å². The van der Waals surface area contributed by atoms with E-state index in [4.69, 9.17) is 0 Å². The predicted octanol–water partition coefficient (Wildman–Crippen LogP) is 2.17. The van der Waals surface area contributed by atoms with Gasteiger partial charge < -0.3 is 10.2 Å². The molecule has 0 saturated heterocycles. The summed E-state index contributed by atoms with van der Waals surface area (Å²) in [6, 6.07) is 2.55. The fourth-order valence-corrected chi connectivity index (χ4v) is 2.01. The van der Waals surface area contributed by atoms with Crippen molar-refractivity contribution < 1.29 is 0 Å². The molecule has 1 heterocycles. The maximum atomic E-state index is 4.65. The molecule has 0 spiro atoms. The third kappa shape index (κ3) is 6.12. The lowest BCUT2D eigenvalue weighted by Gasteiger charge is -2.17. The molecule has 1 N–H and O–H groups in total. The van der Waals surface area contributed by atoms with Crippen molar-refractivity contribution >= 4 is 0 Å². The first kappa shape index (κ1) is 16.1. The van der Waals surface area contributed by atoms with Gasteiger partial charge in [-0.25, -0.2) is 9.97 Å². The zero-order valence-corrected chi connectivity index (χ0v) is 13.0. The van der Waals surface area contributed by atoms with E-state index in [2.05, 4.69) is 53.9 Å². The lowest BCUT2D eigenvalue weighted by molar-refractivity contribution is 0.305. The summed E-state index contributed by atoms with van der Waals surface area (Å²) < 4.78 is 0. The van der Waals surface area contributed by atoms with Crippen molar-refractivity contribution in [3.05, 3.63) is 23.3 Å². The molecule has 1 rings (SSSR count). The highest BCUT2D eigenvalue weighted by molar-refractivity contribution is 5.10. The van der Waals surface area contributed by atoms with E-state index in [0.717, 1.165) is 49.8 Å². The zero-order valence-electron chi connectivity index (χ0n) is 13.0. The summed E-state index contributed by atoms with van der Waals surface area (Å²) in [5, 5.41) is 3.40. The van der Waals surface area contributed by atoms with Gasteiger partial charge in [0.2, 0.25) is 0 Å². The molecule has 4 heteroatoms. The van der Waals surface area contributed by atoms with Crippen LogP contribution >= 0.6 is 0 Å². The lowest BCUT2D eigenvalue weighted by atomic mass is 10.2. The van der Waals surface area contributed by atoms with Crippen LogP contribution < -0.4 is 5.32 Å². The van der Waals surface area contributed by atoms with Crippen molar-refractivity contribution in [1.29, 1.82) is 0 Å². The molecule has 0 aliphatic heterocycles. The van der Waals surface area contributed by atoms with Crippen LogP contribution in [0, 0.1) is 6.92 Å². The Morgan fingerprint density at radius 3 is 2.47 bits per heavy atom. The van der Waals surface area contributed by atoms with E-state index in [1.54, 1.807) is 0 Å². The third-order valence-electron chi connectivity index (χ3n) is 3.19. The van der Waals surface area contributed by atoms with E-state index in [-0.39, 0.29) is 0 Å². The summed E-state index contributed by atoms with van der Waals surface area (Å²) in [6.07, 6.45) is 0.929. The zero-order chi connectivity index (χ0) is 14.3. The van der Waals surface area contributed by atoms with Crippen molar-refractivity contribution in [2.45, 2.75) is 53.6 Å². The molecule has 19 heavy (non-hydrogen) atoms. The maximum Gasteiger partial charge on any atom is 0.130 e. The van der Waals surface area contributed by atoms with Gasteiger partial charge in [0, 0.05) is 31.2 Å². The van der Waals surface area contributed by atoms with Gasteiger partial charge in [-0.2, -0.15) is 0 Å². The molecule has 0 aliphatic carbocycles. The molecule has 0 fully saturated rings. The molecule has 0 amide bonds. The summed E-state index contributed by atoms with van der Waals surface area (Å²) >= 11 is 0. The average Bonchev–Trinajstić information content (AvgIpc) is 2.37. The Bertz CT molecular complexity index is 372. The monoisotopic (exact) mass is 264 g/mol. The minimum Gasteiger partial charge on any atom is -0.309 e. The Labute approximate surface area is 117 Å². The third-order valence-corrected chi connectivity index (χ3v) is 3.19. The molecule has 0 aromatic carbocycles. The Hall–Kier alpha value is -1.00. The van der Waals surface area contributed by atoms with Crippen molar-refractivity contribution in [2.24, 2.45) is 0 Å². The van der Waals surface area contributed by atoms with Crippen LogP contribution in [0.25, 0.3) is 0 Å². The van der Waals surface area contributed by atoms with Gasteiger partial charge in [0.25, 0.3) is 0 Å². The topological polar surface area (TPSA) is 41.1 Å². The highest BCUT2D eigenvalue weighted by Gasteiger charge is 2.05. The molecular formula is C15H28N4. The second-order valence-electron chi connectivity index (χ2n) is 5.23. The first-order valence-corrected chi connectivity index (χ1v) is 7.34. The molecular weight excluding hydrogens is 236 g/mol. The molecule has 4 nitrogen and oxygen atoms in total.